The predicted octanol–water partition coefficient (Wildman–Crippen LogP) is 2.03. The molecule has 0 radical (unpaired) electrons. The van der Waals surface area contributed by atoms with E-state index in [0.29, 0.717) is 29.5 Å². The highest BCUT2D eigenvalue weighted by Gasteiger charge is 2.32. The largest absolute Gasteiger partial charge is 0.493 e. The molecule has 1 aliphatic carbocycles. The molecule has 0 aliphatic heterocycles. The maximum Gasteiger partial charge on any atom is 0.227 e. The van der Waals surface area contributed by atoms with Gasteiger partial charge in [-0.15, -0.1) is 0 Å². The van der Waals surface area contributed by atoms with Gasteiger partial charge in [0.1, 0.15) is 0 Å². The van der Waals surface area contributed by atoms with Crippen LogP contribution in [0.2, 0.25) is 0 Å². The van der Waals surface area contributed by atoms with Gasteiger partial charge in [0.15, 0.2) is 11.5 Å². The first kappa shape index (κ1) is 16.4. The third kappa shape index (κ3) is 3.11. The molecule has 6 heteroatoms. The van der Waals surface area contributed by atoms with E-state index >= 15 is 0 Å². The van der Waals surface area contributed by atoms with E-state index < -0.39 is 0 Å². The summed E-state index contributed by atoms with van der Waals surface area (Å²) in [4.78, 5) is 12.5. The molecule has 0 bridgehead atoms. The molecule has 1 saturated carbocycles. The zero-order chi connectivity index (χ0) is 16.1. The standard InChI is InChI=1S/C16H24N2O4/c1-20-13-8-7-12(14(21-2)15(13)22-3)18-16(19)11-6-4-5-10(11)9-17/h7-8,10-11H,4-6,9,17H2,1-3H3,(H,18,19)/t10-,11-/m1/s1. The van der Waals surface area contributed by atoms with Crippen LogP contribution in [0.1, 0.15) is 19.3 Å². The second kappa shape index (κ2) is 7.35. The van der Waals surface area contributed by atoms with Gasteiger partial charge in [-0.1, -0.05) is 6.42 Å². The first-order valence-electron chi connectivity index (χ1n) is 7.46. The number of carbonyl (C=O) groups is 1. The van der Waals surface area contributed by atoms with Crippen molar-refractivity contribution >= 4 is 11.6 Å². The predicted molar refractivity (Wildman–Crippen MR) is 84.6 cm³/mol. The molecule has 1 aromatic carbocycles. The number of rotatable bonds is 6. The van der Waals surface area contributed by atoms with Crippen LogP contribution in [0.3, 0.4) is 0 Å². The van der Waals surface area contributed by atoms with Crippen LogP contribution in [-0.4, -0.2) is 33.8 Å². The van der Waals surface area contributed by atoms with E-state index in [1.165, 1.54) is 14.2 Å². The summed E-state index contributed by atoms with van der Waals surface area (Å²) in [5.41, 5.74) is 6.33. The molecule has 22 heavy (non-hydrogen) atoms. The topological polar surface area (TPSA) is 82.8 Å². The maximum absolute atomic E-state index is 12.5. The fraction of sp³-hybridized carbons (Fsp3) is 0.562. The monoisotopic (exact) mass is 308 g/mol. The summed E-state index contributed by atoms with van der Waals surface area (Å²) in [6.07, 6.45) is 2.93. The lowest BCUT2D eigenvalue weighted by Crippen LogP contribution is -2.29. The molecule has 1 amide bonds. The Bertz CT molecular complexity index is 533. The second-order valence-corrected chi connectivity index (χ2v) is 5.40. The summed E-state index contributed by atoms with van der Waals surface area (Å²) in [7, 11) is 4.62. The van der Waals surface area contributed by atoms with Gasteiger partial charge in [0.2, 0.25) is 11.7 Å². The number of nitrogens with two attached hydrogens (primary N) is 1. The highest BCUT2D eigenvalue weighted by Crippen LogP contribution is 2.43. The summed E-state index contributed by atoms with van der Waals surface area (Å²) in [6, 6.07) is 3.50. The smallest absolute Gasteiger partial charge is 0.227 e. The van der Waals surface area contributed by atoms with Gasteiger partial charge in [0, 0.05) is 5.92 Å². The molecule has 0 spiro atoms. The molecule has 6 nitrogen and oxygen atoms in total. The van der Waals surface area contributed by atoms with Crippen LogP contribution >= 0.6 is 0 Å². The zero-order valence-corrected chi connectivity index (χ0v) is 13.3. The van der Waals surface area contributed by atoms with Crippen LogP contribution in [0, 0.1) is 11.8 Å². The molecule has 2 atom stereocenters. The van der Waals surface area contributed by atoms with Gasteiger partial charge in [0.25, 0.3) is 0 Å². The van der Waals surface area contributed by atoms with Crippen molar-refractivity contribution < 1.29 is 19.0 Å². The van der Waals surface area contributed by atoms with Crippen LogP contribution in [0.25, 0.3) is 0 Å². The van der Waals surface area contributed by atoms with Crippen molar-refractivity contribution in [3.63, 3.8) is 0 Å². The Balaban J connectivity index is 2.24. The minimum atomic E-state index is -0.0391. The fourth-order valence-corrected chi connectivity index (χ4v) is 3.09. The van der Waals surface area contributed by atoms with Crippen molar-refractivity contribution in [2.75, 3.05) is 33.2 Å². The summed E-state index contributed by atoms with van der Waals surface area (Å²) in [5.74, 6) is 1.67. The number of hydrogen-bond donors (Lipinski definition) is 2. The van der Waals surface area contributed by atoms with E-state index in [-0.39, 0.29) is 17.7 Å². The summed E-state index contributed by atoms with van der Waals surface area (Å²) >= 11 is 0. The van der Waals surface area contributed by atoms with Crippen LogP contribution < -0.4 is 25.3 Å². The van der Waals surface area contributed by atoms with Crippen LogP contribution in [-0.2, 0) is 4.79 Å². The second-order valence-electron chi connectivity index (χ2n) is 5.40. The van der Waals surface area contributed by atoms with Gasteiger partial charge in [-0.2, -0.15) is 0 Å². The van der Waals surface area contributed by atoms with Gasteiger partial charge < -0.3 is 25.3 Å². The molecule has 3 N–H and O–H groups in total. The minimum Gasteiger partial charge on any atom is -0.493 e. The Morgan fingerprint density at radius 3 is 2.50 bits per heavy atom. The number of amides is 1. The normalized spacial score (nSPS) is 20.5. The molecule has 0 saturated heterocycles. The van der Waals surface area contributed by atoms with E-state index in [1.54, 1.807) is 19.2 Å². The number of hydrogen-bond acceptors (Lipinski definition) is 5. The summed E-state index contributed by atoms with van der Waals surface area (Å²) in [5, 5.41) is 2.94. The SMILES string of the molecule is COc1ccc(NC(=O)[C@@H]2CCC[C@@H]2CN)c(OC)c1OC. The van der Waals surface area contributed by atoms with Crippen molar-refractivity contribution in [3.05, 3.63) is 12.1 Å². The van der Waals surface area contributed by atoms with Crippen LogP contribution in [0.15, 0.2) is 12.1 Å². The fourth-order valence-electron chi connectivity index (χ4n) is 3.09. The first-order chi connectivity index (χ1) is 10.7. The highest BCUT2D eigenvalue weighted by molar-refractivity contribution is 5.95. The molecule has 1 aliphatic rings. The molecular formula is C16H24N2O4. The lowest BCUT2D eigenvalue weighted by Gasteiger charge is -2.20. The van der Waals surface area contributed by atoms with Crippen LogP contribution in [0.5, 0.6) is 17.2 Å². The van der Waals surface area contributed by atoms with Crippen molar-refractivity contribution in [3.8, 4) is 17.2 Å². The third-order valence-electron chi connectivity index (χ3n) is 4.26. The number of carbonyl (C=O) groups excluding carboxylic acids is 1. The van der Waals surface area contributed by atoms with Crippen molar-refractivity contribution in [1.29, 1.82) is 0 Å². The number of benzene rings is 1. The van der Waals surface area contributed by atoms with E-state index in [1.807, 2.05) is 0 Å². The molecule has 1 aromatic rings. The van der Waals surface area contributed by atoms with Crippen molar-refractivity contribution in [1.82, 2.24) is 0 Å². The number of ether oxygens (including phenoxy) is 3. The average molecular weight is 308 g/mol. The molecular weight excluding hydrogens is 284 g/mol. The number of methoxy groups -OCH3 is 3. The Morgan fingerprint density at radius 1 is 1.18 bits per heavy atom. The molecule has 0 aromatic heterocycles. The van der Waals surface area contributed by atoms with Gasteiger partial charge in [-0.25, -0.2) is 0 Å². The Kier molecular flexibility index (Phi) is 5.49. The van der Waals surface area contributed by atoms with Gasteiger partial charge in [0.05, 0.1) is 27.0 Å². The minimum absolute atomic E-state index is 0.0153. The Hall–Kier alpha value is -1.95. The highest BCUT2D eigenvalue weighted by atomic mass is 16.5. The number of nitrogens with one attached hydrogen (secondary N) is 1. The van der Waals surface area contributed by atoms with E-state index in [0.717, 1.165) is 19.3 Å². The summed E-state index contributed by atoms with van der Waals surface area (Å²) < 4.78 is 15.9. The van der Waals surface area contributed by atoms with Crippen molar-refractivity contribution in [2.45, 2.75) is 19.3 Å². The number of anilines is 1. The average Bonchev–Trinajstić information content (AvgIpc) is 3.02. The molecule has 1 fully saturated rings. The van der Waals surface area contributed by atoms with Crippen LogP contribution in [0.4, 0.5) is 5.69 Å². The maximum atomic E-state index is 12.5. The van der Waals surface area contributed by atoms with Gasteiger partial charge in [-0.05, 0) is 37.4 Å². The molecule has 2 rings (SSSR count). The first-order valence-corrected chi connectivity index (χ1v) is 7.46. The Labute approximate surface area is 130 Å². The van der Waals surface area contributed by atoms with E-state index in [4.69, 9.17) is 19.9 Å². The quantitative estimate of drug-likeness (QED) is 0.840. The molecule has 0 unspecified atom stereocenters. The van der Waals surface area contributed by atoms with Crippen molar-refractivity contribution in [2.24, 2.45) is 17.6 Å². The summed E-state index contributed by atoms with van der Waals surface area (Å²) in [6.45, 7) is 0.543. The molecule has 122 valence electrons. The van der Waals surface area contributed by atoms with Gasteiger partial charge >= 0.3 is 0 Å². The lowest BCUT2D eigenvalue weighted by molar-refractivity contribution is -0.120. The third-order valence-corrected chi connectivity index (χ3v) is 4.26. The van der Waals surface area contributed by atoms with Gasteiger partial charge in [-0.3, -0.25) is 4.79 Å². The lowest BCUT2D eigenvalue weighted by atomic mass is 9.95. The molecule has 0 heterocycles. The van der Waals surface area contributed by atoms with E-state index in [2.05, 4.69) is 5.32 Å². The Morgan fingerprint density at radius 2 is 1.91 bits per heavy atom. The van der Waals surface area contributed by atoms with E-state index in [9.17, 15) is 4.79 Å². The zero-order valence-electron chi connectivity index (χ0n) is 13.3.